The van der Waals surface area contributed by atoms with Gasteiger partial charge in [-0.1, -0.05) is 6.07 Å². The maximum absolute atomic E-state index is 12.7. The average Bonchev–Trinajstić information content (AvgIpc) is 3.16. The van der Waals surface area contributed by atoms with Gasteiger partial charge in [0.2, 0.25) is 12.7 Å². The van der Waals surface area contributed by atoms with Crippen LogP contribution in [-0.2, 0) is 11.2 Å². The van der Waals surface area contributed by atoms with Crippen LogP contribution >= 0.6 is 0 Å². The Balaban J connectivity index is 1.35. The number of carbonyl (C=O) groups is 1. The summed E-state index contributed by atoms with van der Waals surface area (Å²) in [4.78, 5) is 18.7. The molecule has 1 amide bonds. The number of carbonyl (C=O) groups excluding carboxylic acids is 1. The van der Waals surface area contributed by atoms with E-state index in [4.69, 9.17) is 9.47 Å². The van der Waals surface area contributed by atoms with Crippen LogP contribution in [0.3, 0.4) is 0 Å². The van der Waals surface area contributed by atoms with Crippen LogP contribution in [0.5, 0.6) is 11.5 Å². The van der Waals surface area contributed by atoms with Crippen molar-refractivity contribution < 1.29 is 14.3 Å². The minimum absolute atomic E-state index is 0.127. The smallest absolute Gasteiger partial charge is 0.231 e. The average molecular weight is 369 g/mol. The summed E-state index contributed by atoms with van der Waals surface area (Å²) in [5.74, 6) is 2.43. The first-order valence-corrected chi connectivity index (χ1v) is 9.01. The molecule has 0 N–H and O–H groups in total. The van der Waals surface area contributed by atoms with Gasteiger partial charge in [-0.2, -0.15) is 5.10 Å². The van der Waals surface area contributed by atoms with Crippen molar-refractivity contribution in [1.29, 1.82) is 0 Å². The first-order valence-electron chi connectivity index (χ1n) is 9.01. The predicted octanol–water partition coefficient (Wildman–Crippen LogP) is 1.16. The highest BCUT2D eigenvalue weighted by Crippen LogP contribution is 2.32. The lowest BCUT2D eigenvalue weighted by molar-refractivity contribution is -0.130. The largest absolute Gasteiger partial charge is 0.454 e. The van der Waals surface area contributed by atoms with Crippen molar-refractivity contribution in [2.45, 2.75) is 6.42 Å². The van der Waals surface area contributed by atoms with Crippen LogP contribution in [0, 0.1) is 0 Å². The fourth-order valence-corrected chi connectivity index (χ4v) is 3.27. The van der Waals surface area contributed by atoms with E-state index in [-0.39, 0.29) is 12.7 Å². The zero-order valence-corrected chi connectivity index (χ0v) is 15.6. The van der Waals surface area contributed by atoms with Gasteiger partial charge in [-0.05, 0) is 17.7 Å². The summed E-state index contributed by atoms with van der Waals surface area (Å²) >= 11 is 0. The Bertz CT molecular complexity index is 834. The molecule has 0 atom stereocenters. The van der Waals surface area contributed by atoms with Crippen LogP contribution < -0.4 is 19.3 Å². The van der Waals surface area contributed by atoms with Gasteiger partial charge in [-0.25, -0.2) is 0 Å². The van der Waals surface area contributed by atoms with Crippen LogP contribution in [0.25, 0.3) is 0 Å². The van der Waals surface area contributed by atoms with E-state index >= 15 is 0 Å². The second-order valence-corrected chi connectivity index (χ2v) is 6.90. The third kappa shape index (κ3) is 3.74. The van der Waals surface area contributed by atoms with Gasteiger partial charge in [0, 0.05) is 46.3 Å². The van der Waals surface area contributed by atoms with Gasteiger partial charge in [-0.15, -0.1) is 5.10 Å². The molecule has 0 spiro atoms. The molecule has 8 heteroatoms. The van der Waals surface area contributed by atoms with E-state index in [2.05, 4.69) is 15.1 Å². The zero-order chi connectivity index (χ0) is 18.8. The standard InChI is InChI=1S/C19H23N5O3/c1-22(2)15-11-18(21-20-12-15)23-5-7-24(8-6-23)19(25)10-14-3-4-16-17(9-14)27-13-26-16/h3-4,9,11-12H,5-8,10,13H2,1-2H3. The monoisotopic (exact) mass is 369 g/mol. The minimum atomic E-state index is 0.127. The number of piperazine rings is 1. The van der Waals surface area contributed by atoms with E-state index in [0.717, 1.165) is 35.9 Å². The number of hydrogen-bond donors (Lipinski definition) is 0. The van der Waals surface area contributed by atoms with E-state index in [1.165, 1.54) is 0 Å². The van der Waals surface area contributed by atoms with Crippen LogP contribution in [0.15, 0.2) is 30.5 Å². The molecule has 0 saturated carbocycles. The summed E-state index contributed by atoms with van der Waals surface area (Å²) in [6, 6.07) is 7.69. The van der Waals surface area contributed by atoms with Crippen LogP contribution in [-0.4, -0.2) is 68.1 Å². The first kappa shape index (κ1) is 17.4. The van der Waals surface area contributed by atoms with Crippen molar-refractivity contribution in [3.8, 4) is 11.5 Å². The molecule has 0 unspecified atom stereocenters. The maximum atomic E-state index is 12.7. The fourth-order valence-electron chi connectivity index (χ4n) is 3.27. The second kappa shape index (κ2) is 7.30. The number of anilines is 2. The summed E-state index contributed by atoms with van der Waals surface area (Å²) in [7, 11) is 3.96. The molecular formula is C19H23N5O3. The van der Waals surface area contributed by atoms with E-state index in [9.17, 15) is 4.79 Å². The van der Waals surface area contributed by atoms with Gasteiger partial charge >= 0.3 is 0 Å². The summed E-state index contributed by atoms with van der Waals surface area (Å²) in [5.41, 5.74) is 1.96. The number of rotatable bonds is 4. The van der Waals surface area contributed by atoms with E-state index in [0.29, 0.717) is 25.3 Å². The van der Waals surface area contributed by atoms with Gasteiger partial charge in [0.15, 0.2) is 17.3 Å². The van der Waals surface area contributed by atoms with Crippen molar-refractivity contribution >= 4 is 17.4 Å². The van der Waals surface area contributed by atoms with E-state index < -0.39 is 0 Å². The Morgan fingerprint density at radius 3 is 2.67 bits per heavy atom. The lowest BCUT2D eigenvalue weighted by Crippen LogP contribution is -2.49. The molecule has 1 aromatic carbocycles. The molecule has 1 aromatic heterocycles. The van der Waals surface area contributed by atoms with Crippen molar-refractivity contribution in [3.05, 3.63) is 36.0 Å². The highest BCUT2D eigenvalue weighted by Gasteiger charge is 2.23. The van der Waals surface area contributed by atoms with Gasteiger partial charge in [-0.3, -0.25) is 4.79 Å². The summed E-state index contributed by atoms with van der Waals surface area (Å²) in [6.07, 6.45) is 2.11. The van der Waals surface area contributed by atoms with Crippen LogP contribution in [0.4, 0.5) is 11.5 Å². The number of nitrogens with zero attached hydrogens (tertiary/aromatic N) is 5. The SMILES string of the molecule is CN(C)c1cnnc(N2CCN(C(=O)Cc3ccc4c(c3)OCO4)CC2)c1. The molecular weight excluding hydrogens is 346 g/mol. The summed E-state index contributed by atoms with van der Waals surface area (Å²) in [6.45, 7) is 3.10. The molecule has 1 fully saturated rings. The Hall–Kier alpha value is -3.03. The van der Waals surface area contributed by atoms with E-state index in [1.807, 2.05) is 48.2 Å². The number of hydrogen-bond acceptors (Lipinski definition) is 7. The van der Waals surface area contributed by atoms with Crippen LogP contribution in [0.2, 0.25) is 0 Å². The highest BCUT2D eigenvalue weighted by atomic mass is 16.7. The molecule has 2 aromatic rings. The molecule has 3 heterocycles. The summed E-state index contributed by atoms with van der Waals surface area (Å²) < 4.78 is 10.7. The quantitative estimate of drug-likeness (QED) is 0.801. The Morgan fingerprint density at radius 1 is 1.11 bits per heavy atom. The molecule has 2 aliphatic rings. The Labute approximate surface area is 158 Å². The number of aromatic nitrogens is 2. The molecule has 142 valence electrons. The normalized spacial score (nSPS) is 15.8. The number of benzene rings is 1. The van der Waals surface area contributed by atoms with E-state index in [1.54, 1.807) is 6.20 Å². The third-order valence-corrected chi connectivity index (χ3v) is 4.89. The molecule has 0 aliphatic carbocycles. The van der Waals surface area contributed by atoms with Crippen molar-refractivity contribution in [1.82, 2.24) is 15.1 Å². The third-order valence-electron chi connectivity index (χ3n) is 4.89. The maximum Gasteiger partial charge on any atom is 0.231 e. The number of amides is 1. The minimum Gasteiger partial charge on any atom is -0.454 e. The molecule has 2 aliphatic heterocycles. The lowest BCUT2D eigenvalue weighted by Gasteiger charge is -2.35. The lowest BCUT2D eigenvalue weighted by atomic mass is 10.1. The van der Waals surface area contributed by atoms with Crippen molar-refractivity contribution in [2.24, 2.45) is 0 Å². The number of fused-ring (bicyclic) bond motifs is 1. The molecule has 0 radical (unpaired) electrons. The van der Waals surface area contributed by atoms with Gasteiger partial charge < -0.3 is 24.2 Å². The second-order valence-electron chi connectivity index (χ2n) is 6.90. The first-order chi connectivity index (χ1) is 13.1. The molecule has 27 heavy (non-hydrogen) atoms. The molecule has 8 nitrogen and oxygen atoms in total. The fraction of sp³-hybridized carbons (Fsp3) is 0.421. The van der Waals surface area contributed by atoms with Crippen LogP contribution in [0.1, 0.15) is 5.56 Å². The molecule has 1 saturated heterocycles. The Morgan fingerprint density at radius 2 is 1.89 bits per heavy atom. The van der Waals surface area contributed by atoms with Gasteiger partial charge in [0.25, 0.3) is 0 Å². The highest BCUT2D eigenvalue weighted by molar-refractivity contribution is 5.79. The van der Waals surface area contributed by atoms with Crippen molar-refractivity contribution in [2.75, 3.05) is 56.9 Å². The topological polar surface area (TPSA) is 71.0 Å². The Kier molecular flexibility index (Phi) is 4.70. The van der Waals surface area contributed by atoms with Gasteiger partial charge in [0.1, 0.15) is 0 Å². The molecule has 0 bridgehead atoms. The predicted molar refractivity (Wildman–Crippen MR) is 101 cm³/mol. The summed E-state index contributed by atoms with van der Waals surface area (Å²) in [5, 5.41) is 8.32. The number of ether oxygens (including phenoxy) is 2. The van der Waals surface area contributed by atoms with Gasteiger partial charge in [0.05, 0.1) is 18.3 Å². The molecule has 4 rings (SSSR count). The van der Waals surface area contributed by atoms with Crippen molar-refractivity contribution in [3.63, 3.8) is 0 Å². The zero-order valence-electron chi connectivity index (χ0n) is 15.6.